The molecule has 2 aromatic rings. The van der Waals surface area contributed by atoms with Crippen molar-refractivity contribution in [1.82, 2.24) is 0 Å². The van der Waals surface area contributed by atoms with E-state index >= 15 is 0 Å². The minimum atomic E-state index is -2.41. The van der Waals surface area contributed by atoms with Crippen LogP contribution in [0.3, 0.4) is 0 Å². The predicted molar refractivity (Wildman–Crippen MR) is 132 cm³/mol. The highest BCUT2D eigenvalue weighted by molar-refractivity contribution is 7.05. The molecular weight excluding hydrogens is 412 g/mol. The summed E-state index contributed by atoms with van der Waals surface area (Å²) >= 11 is 0. The first kappa shape index (κ1) is 22.7. The van der Waals surface area contributed by atoms with Crippen molar-refractivity contribution in [2.45, 2.75) is 57.0 Å². The molecule has 0 radical (unpaired) electrons. The van der Waals surface area contributed by atoms with Gasteiger partial charge >= 0.3 is 5.97 Å². The number of ketones is 1. The standard InChI is InChI=1S/C28H34O3Si/c1-28(2,3)32(21-11-7-5-8-12-21,22-13-9-6-10-14-22)26-18-16-23-24(26)19-20(27(30)31-4)15-17-25(23)29/h5-14,16,20,24,26H,15,17-19H2,1-4H3. The number of benzene rings is 2. The molecule has 0 spiro atoms. The van der Waals surface area contributed by atoms with Crippen LogP contribution in [0.2, 0.25) is 10.6 Å². The number of rotatable bonds is 4. The van der Waals surface area contributed by atoms with Crippen molar-refractivity contribution in [1.29, 1.82) is 0 Å². The molecule has 32 heavy (non-hydrogen) atoms. The summed E-state index contributed by atoms with van der Waals surface area (Å²) < 4.78 is 5.13. The van der Waals surface area contributed by atoms with Crippen LogP contribution in [0.1, 0.15) is 46.5 Å². The Morgan fingerprint density at radius 2 is 1.53 bits per heavy atom. The Morgan fingerprint density at radius 1 is 0.969 bits per heavy atom. The highest BCUT2D eigenvalue weighted by Crippen LogP contribution is 2.55. The molecule has 3 atom stereocenters. The maximum Gasteiger partial charge on any atom is 0.308 e. The number of hydrogen-bond donors (Lipinski definition) is 0. The van der Waals surface area contributed by atoms with Crippen molar-refractivity contribution >= 4 is 30.2 Å². The van der Waals surface area contributed by atoms with Crippen LogP contribution in [0.5, 0.6) is 0 Å². The average molecular weight is 447 g/mol. The summed E-state index contributed by atoms with van der Waals surface area (Å²) in [7, 11) is -0.949. The predicted octanol–water partition coefficient (Wildman–Crippen LogP) is 4.91. The van der Waals surface area contributed by atoms with Crippen molar-refractivity contribution < 1.29 is 14.3 Å². The highest BCUT2D eigenvalue weighted by Gasteiger charge is 2.57. The van der Waals surface area contributed by atoms with Gasteiger partial charge in [-0.2, -0.15) is 0 Å². The van der Waals surface area contributed by atoms with E-state index in [9.17, 15) is 9.59 Å². The molecule has 0 aliphatic heterocycles. The van der Waals surface area contributed by atoms with Gasteiger partial charge in [-0.05, 0) is 41.3 Å². The van der Waals surface area contributed by atoms with E-state index < -0.39 is 8.07 Å². The maximum atomic E-state index is 13.1. The monoisotopic (exact) mass is 446 g/mol. The topological polar surface area (TPSA) is 43.4 Å². The van der Waals surface area contributed by atoms with Crippen LogP contribution < -0.4 is 10.4 Å². The minimum Gasteiger partial charge on any atom is -0.469 e. The SMILES string of the molecule is COC(=O)C1CCC(=O)C2=CCC([Si](c3ccccc3)(c3ccccc3)C(C)(C)C)C2C1. The number of ether oxygens (including phenoxy) is 1. The van der Waals surface area contributed by atoms with Crippen LogP contribution in [0.15, 0.2) is 72.3 Å². The second-order valence-electron chi connectivity index (χ2n) is 10.3. The lowest BCUT2D eigenvalue weighted by molar-refractivity contribution is -0.146. The molecule has 0 heterocycles. The second kappa shape index (κ2) is 8.82. The van der Waals surface area contributed by atoms with E-state index in [1.165, 1.54) is 17.5 Å². The molecule has 1 saturated carbocycles. The van der Waals surface area contributed by atoms with E-state index in [-0.39, 0.29) is 28.6 Å². The number of methoxy groups -OCH3 is 1. The lowest BCUT2D eigenvalue weighted by Crippen LogP contribution is -2.68. The fraction of sp³-hybridized carbons (Fsp3) is 0.429. The molecule has 4 rings (SSSR count). The zero-order valence-corrected chi connectivity index (χ0v) is 20.6. The smallest absolute Gasteiger partial charge is 0.308 e. The lowest BCUT2D eigenvalue weighted by atomic mass is 9.90. The van der Waals surface area contributed by atoms with Gasteiger partial charge in [-0.15, -0.1) is 0 Å². The first-order chi connectivity index (χ1) is 15.3. The summed E-state index contributed by atoms with van der Waals surface area (Å²) in [5.74, 6) is -0.0620. The van der Waals surface area contributed by atoms with Crippen LogP contribution in [-0.2, 0) is 14.3 Å². The van der Waals surface area contributed by atoms with Gasteiger partial charge in [-0.3, -0.25) is 9.59 Å². The van der Waals surface area contributed by atoms with Crippen molar-refractivity contribution in [3.63, 3.8) is 0 Å². The van der Waals surface area contributed by atoms with Gasteiger partial charge in [-0.25, -0.2) is 0 Å². The number of Topliss-reactive ketones (excluding diaryl/α,β-unsaturated/α-hetero) is 1. The first-order valence-electron chi connectivity index (χ1n) is 11.7. The van der Waals surface area contributed by atoms with Gasteiger partial charge in [0, 0.05) is 6.42 Å². The fourth-order valence-electron chi connectivity index (χ4n) is 6.55. The van der Waals surface area contributed by atoms with Crippen LogP contribution >= 0.6 is 0 Å². The van der Waals surface area contributed by atoms with E-state index in [0.717, 1.165) is 12.0 Å². The van der Waals surface area contributed by atoms with E-state index in [1.54, 1.807) is 0 Å². The van der Waals surface area contributed by atoms with Gasteiger partial charge in [0.15, 0.2) is 5.78 Å². The quantitative estimate of drug-likeness (QED) is 0.495. The minimum absolute atomic E-state index is 0.0137. The summed E-state index contributed by atoms with van der Waals surface area (Å²) in [6.07, 6.45) is 4.84. The summed E-state index contributed by atoms with van der Waals surface area (Å²) in [5, 5.41) is 2.83. The zero-order valence-electron chi connectivity index (χ0n) is 19.6. The molecular formula is C28H34O3Si. The normalized spacial score (nSPS) is 23.8. The van der Waals surface area contributed by atoms with Crippen LogP contribution in [0, 0.1) is 11.8 Å². The average Bonchev–Trinajstić information content (AvgIpc) is 3.12. The molecule has 0 saturated heterocycles. The maximum absolute atomic E-state index is 13.1. The number of esters is 1. The molecule has 2 aromatic carbocycles. The molecule has 0 aromatic heterocycles. The summed E-state index contributed by atoms with van der Waals surface area (Å²) in [4.78, 5) is 25.7. The number of carbonyl (C=O) groups is 2. The molecule has 3 nitrogen and oxygen atoms in total. The van der Waals surface area contributed by atoms with Gasteiger partial charge in [0.05, 0.1) is 13.0 Å². The third-order valence-corrected chi connectivity index (χ3v) is 14.4. The molecule has 2 aliphatic rings. The van der Waals surface area contributed by atoms with Gasteiger partial charge in [-0.1, -0.05) is 97.9 Å². The molecule has 4 heteroatoms. The Labute approximate surface area is 192 Å². The number of fused-ring (bicyclic) bond motifs is 1. The van der Waals surface area contributed by atoms with E-state index in [0.29, 0.717) is 24.8 Å². The van der Waals surface area contributed by atoms with Crippen molar-refractivity contribution in [3.05, 3.63) is 72.3 Å². The molecule has 0 bridgehead atoms. The third-order valence-electron chi connectivity index (χ3n) is 7.79. The van der Waals surface area contributed by atoms with E-state index in [1.807, 2.05) is 0 Å². The van der Waals surface area contributed by atoms with Gasteiger partial charge in [0.1, 0.15) is 8.07 Å². The summed E-state index contributed by atoms with van der Waals surface area (Å²) in [6.45, 7) is 7.11. The zero-order chi connectivity index (χ0) is 22.9. The van der Waals surface area contributed by atoms with E-state index in [4.69, 9.17) is 4.74 Å². The molecule has 168 valence electrons. The van der Waals surface area contributed by atoms with Crippen LogP contribution in [0.25, 0.3) is 0 Å². The van der Waals surface area contributed by atoms with Crippen molar-refractivity contribution in [3.8, 4) is 0 Å². The molecule has 1 fully saturated rings. The molecule has 3 unspecified atom stereocenters. The Hall–Kier alpha value is -2.46. The fourth-order valence-corrected chi connectivity index (χ4v) is 13.4. The largest absolute Gasteiger partial charge is 0.469 e. The highest BCUT2D eigenvalue weighted by atomic mass is 28.3. The Bertz CT molecular complexity index is 964. The number of hydrogen-bond acceptors (Lipinski definition) is 3. The molecule has 2 aliphatic carbocycles. The Kier molecular flexibility index (Phi) is 6.26. The lowest BCUT2D eigenvalue weighted by Gasteiger charge is -2.50. The van der Waals surface area contributed by atoms with Crippen LogP contribution in [0.4, 0.5) is 0 Å². The van der Waals surface area contributed by atoms with Crippen LogP contribution in [-0.4, -0.2) is 26.9 Å². The van der Waals surface area contributed by atoms with Crippen molar-refractivity contribution in [2.24, 2.45) is 11.8 Å². The van der Waals surface area contributed by atoms with Gasteiger partial charge in [0.25, 0.3) is 0 Å². The number of allylic oxidation sites excluding steroid dienone is 2. The third kappa shape index (κ3) is 3.69. The summed E-state index contributed by atoms with van der Waals surface area (Å²) in [5.41, 5.74) is 1.28. The Balaban J connectivity index is 1.92. The van der Waals surface area contributed by atoms with Gasteiger partial charge < -0.3 is 4.74 Å². The Morgan fingerprint density at radius 3 is 2.03 bits per heavy atom. The summed E-state index contributed by atoms with van der Waals surface area (Å²) in [6, 6.07) is 21.9. The van der Waals surface area contributed by atoms with E-state index in [2.05, 4.69) is 87.5 Å². The van der Waals surface area contributed by atoms with Gasteiger partial charge in [0.2, 0.25) is 0 Å². The van der Waals surface area contributed by atoms with Crippen molar-refractivity contribution in [2.75, 3.05) is 7.11 Å². The molecule has 0 amide bonds. The molecule has 0 N–H and O–H groups in total. The second-order valence-corrected chi connectivity index (χ2v) is 15.3. The first-order valence-corrected chi connectivity index (χ1v) is 13.8. The number of carbonyl (C=O) groups excluding carboxylic acids is 2.